The van der Waals surface area contributed by atoms with E-state index >= 15 is 0 Å². The number of methoxy groups -OCH3 is 2. The molecule has 0 aliphatic carbocycles. The summed E-state index contributed by atoms with van der Waals surface area (Å²) in [7, 11) is 3.19. The lowest BCUT2D eigenvalue weighted by Crippen LogP contribution is -1.92. The second-order valence-corrected chi connectivity index (χ2v) is 7.67. The van der Waals surface area contributed by atoms with Crippen molar-refractivity contribution in [1.82, 2.24) is 4.98 Å². The summed E-state index contributed by atoms with van der Waals surface area (Å²) in [6, 6.07) is 13.5. The maximum Gasteiger partial charge on any atom is 0.232 e. The Balaban J connectivity index is 1.83. The zero-order chi connectivity index (χ0) is 20.7. The van der Waals surface area contributed by atoms with Crippen LogP contribution in [0.2, 0.25) is 0 Å². The molecule has 1 aromatic heterocycles. The van der Waals surface area contributed by atoms with E-state index in [2.05, 4.69) is 33.0 Å². The van der Waals surface area contributed by atoms with Crippen LogP contribution < -0.4 is 9.47 Å². The molecule has 4 aromatic rings. The molecule has 29 heavy (non-hydrogen) atoms. The third-order valence-electron chi connectivity index (χ3n) is 4.91. The number of phenols is 1. The molecular formula is C23H20BrNO4. The topological polar surface area (TPSA) is 64.7 Å². The molecule has 148 valence electrons. The van der Waals surface area contributed by atoms with Crippen LogP contribution in [0.5, 0.6) is 17.2 Å². The van der Waals surface area contributed by atoms with Crippen LogP contribution in [-0.2, 0) is 0 Å². The lowest BCUT2D eigenvalue weighted by molar-refractivity contribution is 0.373. The molecule has 1 heterocycles. The molecule has 6 heteroatoms. The molecule has 0 radical (unpaired) electrons. The van der Waals surface area contributed by atoms with Crippen LogP contribution in [0.3, 0.4) is 0 Å². The third-order valence-corrected chi connectivity index (χ3v) is 5.57. The predicted molar refractivity (Wildman–Crippen MR) is 117 cm³/mol. The second-order valence-electron chi connectivity index (χ2n) is 6.82. The van der Waals surface area contributed by atoms with E-state index in [1.165, 1.54) is 7.11 Å². The summed E-state index contributed by atoms with van der Waals surface area (Å²) in [5, 5.41) is 10.5. The van der Waals surface area contributed by atoms with Gasteiger partial charge in [-0.05, 0) is 88.4 Å². The Morgan fingerprint density at radius 1 is 0.931 bits per heavy atom. The maximum atomic E-state index is 10.5. The van der Waals surface area contributed by atoms with Crippen molar-refractivity contribution < 1.29 is 19.0 Å². The summed E-state index contributed by atoms with van der Waals surface area (Å²) in [6.07, 6.45) is 0. The molecule has 0 bridgehead atoms. The van der Waals surface area contributed by atoms with Gasteiger partial charge in [-0.25, -0.2) is 4.98 Å². The summed E-state index contributed by atoms with van der Waals surface area (Å²) < 4.78 is 17.3. The molecule has 0 amide bonds. The molecule has 0 atom stereocenters. The molecule has 1 N–H and O–H groups in total. The number of phenolic OH excluding ortho intramolecular Hbond substituents is 1. The van der Waals surface area contributed by atoms with Crippen molar-refractivity contribution in [3.63, 3.8) is 0 Å². The molecule has 5 nitrogen and oxygen atoms in total. The Morgan fingerprint density at radius 2 is 1.66 bits per heavy atom. The van der Waals surface area contributed by atoms with Crippen LogP contribution in [-0.4, -0.2) is 24.3 Å². The number of halogens is 1. The SMILES string of the molecule is COc1ccc(Br)c(-c2nc3ccc(-c4cc(C)c(OC)c(C)c4)cc3o2)c1O. The predicted octanol–water partition coefficient (Wildman–Crippen LogP) is 6.26. The van der Waals surface area contributed by atoms with Gasteiger partial charge in [-0.1, -0.05) is 6.07 Å². The first-order valence-corrected chi connectivity index (χ1v) is 9.84. The van der Waals surface area contributed by atoms with E-state index in [9.17, 15) is 5.11 Å². The summed E-state index contributed by atoms with van der Waals surface area (Å²) in [5.41, 5.74) is 6.04. The number of hydrogen-bond donors (Lipinski definition) is 1. The van der Waals surface area contributed by atoms with E-state index in [1.54, 1.807) is 19.2 Å². The van der Waals surface area contributed by atoms with E-state index in [-0.39, 0.29) is 5.75 Å². The largest absolute Gasteiger partial charge is 0.504 e. The molecule has 0 aliphatic heterocycles. The van der Waals surface area contributed by atoms with Gasteiger partial charge in [0.15, 0.2) is 17.1 Å². The molecule has 0 aliphatic rings. The number of rotatable bonds is 4. The van der Waals surface area contributed by atoms with Crippen LogP contribution in [0, 0.1) is 13.8 Å². The lowest BCUT2D eigenvalue weighted by atomic mass is 9.99. The highest BCUT2D eigenvalue weighted by Crippen LogP contribution is 2.43. The second kappa shape index (κ2) is 7.44. The van der Waals surface area contributed by atoms with Crippen molar-refractivity contribution in [2.75, 3.05) is 14.2 Å². The van der Waals surface area contributed by atoms with Crippen LogP contribution in [0.25, 0.3) is 33.7 Å². The Morgan fingerprint density at radius 3 is 2.31 bits per heavy atom. The highest BCUT2D eigenvalue weighted by Gasteiger charge is 2.19. The molecule has 3 aromatic carbocycles. The first-order chi connectivity index (χ1) is 13.9. The Labute approximate surface area is 177 Å². The van der Waals surface area contributed by atoms with E-state index < -0.39 is 0 Å². The number of aryl methyl sites for hydroxylation is 2. The molecule has 0 saturated heterocycles. The fourth-order valence-corrected chi connectivity index (χ4v) is 4.06. The first-order valence-electron chi connectivity index (χ1n) is 9.05. The Bertz CT molecular complexity index is 1210. The number of fused-ring (bicyclic) bond motifs is 1. The summed E-state index contributed by atoms with van der Waals surface area (Å²) in [6.45, 7) is 4.06. The van der Waals surface area contributed by atoms with Gasteiger partial charge >= 0.3 is 0 Å². The van der Waals surface area contributed by atoms with Gasteiger partial charge < -0.3 is 19.0 Å². The summed E-state index contributed by atoms with van der Waals surface area (Å²) in [4.78, 5) is 4.55. The van der Waals surface area contributed by atoms with Crippen molar-refractivity contribution in [2.45, 2.75) is 13.8 Å². The van der Waals surface area contributed by atoms with Gasteiger partial charge in [0, 0.05) is 4.47 Å². The van der Waals surface area contributed by atoms with E-state index in [0.29, 0.717) is 32.8 Å². The third kappa shape index (κ3) is 3.34. The molecular weight excluding hydrogens is 434 g/mol. The highest BCUT2D eigenvalue weighted by atomic mass is 79.9. The van der Waals surface area contributed by atoms with Crippen molar-refractivity contribution in [3.8, 4) is 39.8 Å². The monoisotopic (exact) mass is 453 g/mol. The van der Waals surface area contributed by atoms with Crippen LogP contribution in [0.1, 0.15) is 11.1 Å². The van der Waals surface area contributed by atoms with Crippen molar-refractivity contribution >= 4 is 27.0 Å². The molecule has 0 unspecified atom stereocenters. The summed E-state index contributed by atoms with van der Waals surface area (Å²) >= 11 is 3.46. The highest BCUT2D eigenvalue weighted by molar-refractivity contribution is 9.10. The number of oxazole rings is 1. The minimum atomic E-state index is -0.0185. The van der Waals surface area contributed by atoms with Gasteiger partial charge in [0.25, 0.3) is 0 Å². The number of ether oxygens (including phenoxy) is 2. The van der Waals surface area contributed by atoms with Gasteiger partial charge in [-0.2, -0.15) is 0 Å². The van der Waals surface area contributed by atoms with Gasteiger partial charge in [-0.3, -0.25) is 0 Å². The zero-order valence-corrected chi connectivity index (χ0v) is 18.1. The average Bonchev–Trinajstić information content (AvgIpc) is 3.10. The zero-order valence-electron chi connectivity index (χ0n) is 16.5. The molecule has 0 fully saturated rings. The number of aromatic hydroxyl groups is 1. The standard InChI is InChI=1S/C23H20BrNO4/c1-12-9-15(10-13(2)22(12)28-4)14-5-7-17-19(11-14)29-23(25-17)20-16(24)6-8-18(27-3)21(20)26/h5-11,26H,1-4H3. The van der Waals surface area contributed by atoms with E-state index in [4.69, 9.17) is 13.9 Å². The molecule has 0 saturated carbocycles. The van der Waals surface area contributed by atoms with Gasteiger partial charge in [0.05, 0.1) is 19.8 Å². The van der Waals surface area contributed by atoms with Crippen molar-refractivity contribution in [2.24, 2.45) is 0 Å². The van der Waals surface area contributed by atoms with Crippen LogP contribution >= 0.6 is 15.9 Å². The Kier molecular flexibility index (Phi) is 4.96. The van der Waals surface area contributed by atoms with Crippen LogP contribution in [0.4, 0.5) is 0 Å². The maximum absolute atomic E-state index is 10.5. The minimum Gasteiger partial charge on any atom is -0.504 e. The average molecular weight is 454 g/mol. The van der Waals surface area contributed by atoms with Crippen LogP contribution in [0.15, 0.2) is 51.4 Å². The minimum absolute atomic E-state index is 0.0185. The van der Waals surface area contributed by atoms with E-state index in [0.717, 1.165) is 28.0 Å². The first kappa shape index (κ1) is 19.3. The normalized spacial score (nSPS) is 11.1. The summed E-state index contributed by atoms with van der Waals surface area (Å²) in [5.74, 6) is 1.56. The van der Waals surface area contributed by atoms with E-state index in [1.807, 2.05) is 32.0 Å². The lowest BCUT2D eigenvalue weighted by Gasteiger charge is -2.11. The van der Waals surface area contributed by atoms with Crippen molar-refractivity contribution in [1.29, 1.82) is 0 Å². The molecule has 4 rings (SSSR count). The van der Waals surface area contributed by atoms with Gasteiger partial charge in [0.2, 0.25) is 5.89 Å². The number of benzene rings is 3. The fourth-order valence-electron chi connectivity index (χ4n) is 3.57. The molecule has 0 spiro atoms. The number of nitrogens with zero attached hydrogens (tertiary/aromatic N) is 1. The number of hydrogen-bond acceptors (Lipinski definition) is 5. The quantitative estimate of drug-likeness (QED) is 0.394. The smallest absolute Gasteiger partial charge is 0.232 e. The van der Waals surface area contributed by atoms with Gasteiger partial charge in [-0.15, -0.1) is 0 Å². The van der Waals surface area contributed by atoms with Gasteiger partial charge in [0.1, 0.15) is 11.3 Å². The Hall–Kier alpha value is -2.99. The van der Waals surface area contributed by atoms with Crippen molar-refractivity contribution in [3.05, 3.63) is 58.1 Å². The number of aromatic nitrogens is 1. The fraction of sp³-hybridized carbons (Fsp3) is 0.174.